The van der Waals surface area contributed by atoms with E-state index in [9.17, 15) is 13.5 Å². The van der Waals surface area contributed by atoms with Gasteiger partial charge in [-0.2, -0.15) is 4.31 Å². The van der Waals surface area contributed by atoms with E-state index in [0.29, 0.717) is 18.7 Å². The van der Waals surface area contributed by atoms with Gasteiger partial charge in [-0.3, -0.25) is 0 Å². The topological polar surface area (TPSA) is 99.4 Å². The smallest absolute Gasteiger partial charge is 0.260 e. The third kappa shape index (κ3) is 2.74. The summed E-state index contributed by atoms with van der Waals surface area (Å²) < 4.78 is 31.6. The molecule has 3 rings (SSSR count). The second kappa shape index (κ2) is 5.63. The Balaban J connectivity index is 1.77. The van der Waals surface area contributed by atoms with Crippen molar-refractivity contribution in [2.75, 3.05) is 6.54 Å². The summed E-state index contributed by atoms with van der Waals surface area (Å²) in [6.07, 6.45) is 5.16. The number of aromatic nitrogens is 2. The monoisotopic (exact) mass is 311 g/mol. The zero-order valence-electron chi connectivity index (χ0n) is 11.3. The van der Waals surface area contributed by atoms with Crippen LogP contribution in [0, 0.1) is 0 Å². The molecule has 2 aromatic heterocycles. The third-order valence-corrected chi connectivity index (χ3v) is 5.63. The summed E-state index contributed by atoms with van der Waals surface area (Å²) in [7, 11) is -3.59. The largest absolute Gasteiger partial charge is 0.467 e. The Kier molecular flexibility index (Phi) is 3.83. The van der Waals surface area contributed by atoms with Crippen molar-refractivity contribution in [3.8, 4) is 0 Å². The van der Waals surface area contributed by atoms with Gasteiger partial charge >= 0.3 is 0 Å². The first-order valence-corrected chi connectivity index (χ1v) is 8.25. The molecule has 1 aliphatic rings. The van der Waals surface area contributed by atoms with Gasteiger partial charge in [-0.15, -0.1) is 0 Å². The maximum atomic E-state index is 12.5. The lowest BCUT2D eigenvalue weighted by Crippen LogP contribution is -2.36. The first-order chi connectivity index (χ1) is 10.1. The van der Waals surface area contributed by atoms with Crippen LogP contribution in [0.2, 0.25) is 0 Å². The van der Waals surface area contributed by atoms with Crippen LogP contribution in [0.3, 0.4) is 0 Å². The van der Waals surface area contributed by atoms with E-state index in [1.807, 2.05) is 0 Å². The molecule has 0 amide bonds. The highest BCUT2D eigenvalue weighted by molar-refractivity contribution is 7.89. The van der Waals surface area contributed by atoms with Crippen molar-refractivity contribution in [2.24, 2.45) is 0 Å². The number of nitrogens with one attached hydrogen (secondary N) is 1. The van der Waals surface area contributed by atoms with Crippen LogP contribution in [0.4, 0.5) is 0 Å². The van der Waals surface area contributed by atoms with Gasteiger partial charge in [0.2, 0.25) is 0 Å². The van der Waals surface area contributed by atoms with Crippen molar-refractivity contribution in [1.29, 1.82) is 0 Å². The molecule has 1 fully saturated rings. The maximum Gasteiger partial charge on any atom is 0.260 e. The van der Waals surface area contributed by atoms with Gasteiger partial charge in [0, 0.05) is 12.6 Å². The summed E-state index contributed by atoms with van der Waals surface area (Å²) in [6.45, 7) is 0.455. The number of hydrogen-bond donors (Lipinski definition) is 2. The van der Waals surface area contributed by atoms with E-state index in [1.165, 1.54) is 23.1 Å². The second-order valence-corrected chi connectivity index (χ2v) is 6.95. The van der Waals surface area contributed by atoms with E-state index in [2.05, 4.69) is 9.97 Å². The highest BCUT2D eigenvalue weighted by atomic mass is 32.2. The molecule has 2 aromatic rings. The van der Waals surface area contributed by atoms with Gasteiger partial charge in [-0.05, 0) is 31.4 Å². The van der Waals surface area contributed by atoms with Crippen LogP contribution in [-0.2, 0) is 10.0 Å². The summed E-state index contributed by atoms with van der Waals surface area (Å²) in [6, 6.07) is 3.15. The molecule has 0 radical (unpaired) electrons. The summed E-state index contributed by atoms with van der Waals surface area (Å²) in [5, 5.41) is 10.2. The SMILES string of the molecule is O=S(=O)(c1cnc[nH]1)N1CCCC1CC(O)c1ccco1. The summed E-state index contributed by atoms with van der Waals surface area (Å²) in [5.41, 5.74) is 0. The molecule has 114 valence electrons. The van der Waals surface area contributed by atoms with Crippen molar-refractivity contribution < 1.29 is 17.9 Å². The van der Waals surface area contributed by atoms with Gasteiger partial charge in [0.25, 0.3) is 10.0 Å². The molecule has 0 bridgehead atoms. The number of hydrogen-bond acceptors (Lipinski definition) is 5. The molecule has 7 nitrogen and oxygen atoms in total. The van der Waals surface area contributed by atoms with Crippen LogP contribution < -0.4 is 0 Å². The quantitative estimate of drug-likeness (QED) is 0.866. The molecule has 1 saturated heterocycles. The predicted molar refractivity (Wildman–Crippen MR) is 73.8 cm³/mol. The van der Waals surface area contributed by atoms with Crippen molar-refractivity contribution >= 4 is 10.0 Å². The Morgan fingerprint density at radius 2 is 2.43 bits per heavy atom. The van der Waals surface area contributed by atoms with E-state index in [0.717, 1.165) is 12.8 Å². The Bertz CT molecular complexity index is 666. The van der Waals surface area contributed by atoms with Crippen molar-refractivity contribution in [1.82, 2.24) is 14.3 Å². The maximum absolute atomic E-state index is 12.5. The Labute approximate surface area is 122 Å². The number of sulfonamides is 1. The average molecular weight is 311 g/mol. The number of H-pyrrole nitrogens is 1. The zero-order chi connectivity index (χ0) is 14.9. The van der Waals surface area contributed by atoms with Crippen LogP contribution in [-0.4, -0.2) is 40.4 Å². The highest BCUT2D eigenvalue weighted by Crippen LogP contribution is 2.31. The average Bonchev–Trinajstić information content (AvgIpc) is 3.20. The van der Waals surface area contributed by atoms with Crippen molar-refractivity contribution in [3.05, 3.63) is 36.7 Å². The molecule has 2 N–H and O–H groups in total. The minimum atomic E-state index is -3.59. The van der Waals surface area contributed by atoms with Gasteiger partial charge in [0.1, 0.15) is 11.9 Å². The van der Waals surface area contributed by atoms with E-state index >= 15 is 0 Å². The number of furan rings is 1. The molecule has 8 heteroatoms. The number of imidazole rings is 1. The highest BCUT2D eigenvalue weighted by Gasteiger charge is 2.37. The van der Waals surface area contributed by atoms with E-state index in [-0.39, 0.29) is 11.1 Å². The predicted octanol–water partition coefficient (Wildman–Crippen LogP) is 1.28. The van der Waals surface area contributed by atoms with Crippen LogP contribution in [0.1, 0.15) is 31.1 Å². The van der Waals surface area contributed by atoms with Crippen LogP contribution in [0.5, 0.6) is 0 Å². The van der Waals surface area contributed by atoms with Crippen molar-refractivity contribution in [3.63, 3.8) is 0 Å². The molecule has 0 saturated carbocycles. The summed E-state index contributed by atoms with van der Waals surface area (Å²) >= 11 is 0. The fraction of sp³-hybridized carbons (Fsp3) is 0.462. The van der Waals surface area contributed by atoms with Gasteiger partial charge in [0.15, 0.2) is 5.03 Å². The number of nitrogens with zero attached hydrogens (tertiary/aromatic N) is 2. The van der Waals surface area contributed by atoms with Crippen molar-refractivity contribution in [2.45, 2.75) is 36.4 Å². The van der Waals surface area contributed by atoms with Gasteiger partial charge in [-0.25, -0.2) is 13.4 Å². The first kappa shape index (κ1) is 14.3. The lowest BCUT2D eigenvalue weighted by Gasteiger charge is -2.24. The number of rotatable bonds is 5. The standard InChI is InChI=1S/C13H17N3O4S/c17-11(12-4-2-6-20-12)7-10-3-1-5-16(10)21(18,19)13-8-14-9-15-13/h2,4,6,8-11,17H,1,3,5,7H2,(H,14,15). The second-order valence-electron chi connectivity index (χ2n) is 5.09. The molecule has 0 spiro atoms. The number of aromatic amines is 1. The normalized spacial score (nSPS) is 21.7. The van der Waals surface area contributed by atoms with Gasteiger partial charge in [0.05, 0.1) is 18.8 Å². The molecule has 2 atom stereocenters. The molecule has 2 unspecified atom stereocenters. The molecule has 0 aromatic carbocycles. The van der Waals surface area contributed by atoms with E-state index in [4.69, 9.17) is 4.42 Å². The zero-order valence-corrected chi connectivity index (χ0v) is 12.2. The Morgan fingerprint density at radius 1 is 1.57 bits per heavy atom. The lowest BCUT2D eigenvalue weighted by molar-refractivity contribution is 0.118. The molecule has 1 aliphatic heterocycles. The number of aliphatic hydroxyl groups is 1. The molecule has 0 aliphatic carbocycles. The summed E-state index contributed by atoms with van der Waals surface area (Å²) in [4.78, 5) is 6.39. The minimum absolute atomic E-state index is 0.0851. The van der Waals surface area contributed by atoms with Crippen LogP contribution in [0.25, 0.3) is 0 Å². The van der Waals surface area contributed by atoms with Crippen LogP contribution >= 0.6 is 0 Å². The molecular formula is C13H17N3O4S. The van der Waals surface area contributed by atoms with Gasteiger partial charge < -0.3 is 14.5 Å². The summed E-state index contributed by atoms with van der Waals surface area (Å²) in [5.74, 6) is 0.459. The fourth-order valence-corrected chi connectivity index (χ4v) is 4.33. The van der Waals surface area contributed by atoms with E-state index < -0.39 is 16.1 Å². The third-order valence-electron chi connectivity index (χ3n) is 3.75. The minimum Gasteiger partial charge on any atom is -0.467 e. The van der Waals surface area contributed by atoms with Crippen LogP contribution in [0.15, 0.2) is 40.4 Å². The lowest BCUT2D eigenvalue weighted by atomic mass is 10.1. The molecule has 3 heterocycles. The molecular weight excluding hydrogens is 294 g/mol. The Hall–Kier alpha value is -1.64. The first-order valence-electron chi connectivity index (χ1n) is 6.80. The fourth-order valence-electron chi connectivity index (χ4n) is 2.73. The van der Waals surface area contributed by atoms with E-state index in [1.54, 1.807) is 12.1 Å². The van der Waals surface area contributed by atoms with Gasteiger partial charge in [-0.1, -0.05) is 0 Å². The number of aliphatic hydroxyl groups excluding tert-OH is 1. The molecule has 21 heavy (non-hydrogen) atoms. The Morgan fingerprint density at radius 3 is 3.10 bits per heavy atom.